The van der Waals surface area contributed by atoms with Crippen LogP contribution in [0.2, 0.25) is 5.02 Å². The third-order valence-electron chi connectivity index (χ3n) is 4.60. The standard InChI is InChI=1S/C18H19ClN2O3S/c1-2-16(22)21(18-20-14(10-25-18)17(23)24)15-5-3-4-13(15)11-6-8-12(19)9-7-11/h6-10,13,15H,2-5H2,1H3,(H,23,24). The Morgan fingerprint density at radius 2 is 2.04 bits per heavy atom. The Morgan fingerprint density at radius 1 is 1.32 bits per heavy atom. The number of carbonyl (C=O) groups excluding carboxylic acids is 1. The molecule has 1 aliphatic carbocycles. The van der Waals surface area contributed by atoms with Crippen molar-refractivity contribution >= 4 is 39.9 Å². The van der Waals surface area contributed by atoms with Crippen LogP contribution in [0.1, 0.15) is 54.6 Å². The normalized spacial score (nSPS) is 19.8. The van der Waals surface area contributed by atoms with Crippen molar-refractivity contribution in [3.63, 3.8) is 0 Å². The molecule has 1 amide bonds. The van der Waals surface area contributed by atoms with Crippen LogP contribution >= 0.6 is 22.9 Å². The lowest BCUT2D eigenvalue weighted by molar-refractivity contribution is -0.118. The Kier molecular flexibility index (Phi) is 5.39. The van der Waals surface area contributed by atoms with E-state index in [0.29, 0.717) is 16.6 Å². The van der Waals surface area contributed by atoms with E-state index in [1.165, 1.54) is 16.7 Å². The van der Waals surface area contributed by atoms with Crippen LogP contribution in [0.5, 0.6) is 0 Å². The van der Waals surface area contributed by atoms with Gasteiger partial charge in [-0.05, 0) is 30.5 Å². The highest BCUT2D eigenvalue weighted by molar-refractivity contribution is 7.14. The molecule has 1 fully saturated rings. The van der Waals surface area contributed by atoms with Crippen LogP contribution in [-0.2, 0) is 4.79 Å². The van der Waals surface area contributed by atoms with Gasteiger partial charge in [0.05, 0.1) is 0 Å². The highest BCUT2D eigenvalue weighted by atomic mass is 35.5. The summed E-state index contributed by atoms with van der Waals surface area (Å²) >= 11 is 7.20. The van der Waals surface area contributed by atoms with E-state index in [4.69, 9.17) is 16.7 Å². The van der Waals surface area contributed by atoms with Crippen molar-refractivity contribution in [2.24, 2.45) is 0 Å². The first-order valence-electron chi connectivity index (χ1n) is 8.27. The molecule has 0 spiro atoms. The molecule has 1 heterocycles. The average molecular weight is 379 g/mol. The second-order valence-electron chi connectivity index (χ2n) is 6.09. The van der Waals surface area contributed by atoms with E-state index in [9.17, 15) is 9.59 Å². The smallest absolute Gasteiger partial charge is 0.355 e. The summed E-state index contributed by atoms with van der Waals surface area (Å²) in [5.74, 6) is -0.908. The van der Waals surface area contributed by atoms with Crippen LogP contribution < -0.4 is 4.90 Å². The molecule has 7 heteroatoms. The molecule has 1 N–H and O–H groups in total. The number of carboxylic acids is 1. The Morgan fingerprint density at radius 3 is 2.64 bits per heavy atom. The summed E-state index contributed by atoms with van der Waals surface area (Å²) in [5.41, 5.74) is 1.13. The molecule has 3 rings (SSSR count). The van der Waals surface area contributed by atoms with Crippen molar-refractivity contribution < 1.29 is 14.7 Å². The summed E-state index contributed by atoms with van der Waals surface area (Å²) in [6.07, 6.45) is 3.23. The molecule has 5 nitrogen and oxygen atoms in total. The van der Waals surface area contributed by atoms with Gasteiger partial charge in [-0.25, -0.2) is 9.78 Å². The molecule has 1 aromatic carbocycles. The molecule has 0 aliphatic heterocycles. The van der Waals surface area contributed by atoms with Crippen LogP contribution in [0.4, 0.5) is 5.13 Å². The van der Waals surface area contributed by atoms with Crippen molar-refractivity contribution in [2.45, 2.75) is 44.6 Å². The number of carbonyl (C=O) groups is 2. The van der Waals surface area contributed by atoms with Crippen molar-refractivity contribution in [1.29, 1.82) is 0 Å². The number of nitrogens with zero attached hydrogens (tertiary/aromatic N) is 2. The number of carboxylic acid groups (broad SMARTS) is 1. The number of hydrogen-bond acceptors (Lipinski definition) is 4. The third kappa shape index (κ3) is 3.70. The average Bonchev–Trinajstić information content (AvgIpc) is 3.26. The highest BCUT2D eigenvalue weighted by Gasteiger charge is 2.37. The summed E-state index contributed by atoms with van der Waals surface area (Å²) in [6, 6.07) is 7.73. The molecule has 2 aromatic rings. The minimum absolute atomic E-state index is 0.0126. The zero-order valence-electron chi connectivity index (χ0n) is 13.8. The maximum atomic E-state index is 12.6. The van der Waals surface area contributed by atoms with E-state index in [0.717, 1.165) is 24.8 Å². The topological polar surface area (TPSA) is 70.5 Å². The number of rotatable bonds is 5. The monoisotopic (exact) mass is 378 g/mol. The van der Waals surface area contributed by atoms with Crippen LogP contribution in [-0.4, -0.2) is 28.0 Å². The van der Waals surface area contributed by atoms with Crippen LogP contribution in [0.3, 0.4) is 0 Å². The van der Waals surface area contributed by atoms with E-state index in [-0.39, 0.29) is 23.6 Å². The second kappa shape index (κ2) is 7.54. The van der Waals surface area contributed by atoms with Gasteiger partial charge in [-0.2, -0.15) is 0 Å². The maximum absolute atomic E-state index is 12.6. The van der Waals surface area contributed by atoms with Gasteiger partial charge >= 0.3 is 5.97 Å². The number of anilines is 1. The minimum Gasteiger partial charge on any atom is -0.476 e. The summed E-state index contributed by atoms with van der Waals surface area (Å²) < 4.78 is 0. The minimum atomic E-state index is -1.08. The number of thiazole rings is 1. The Labute approximate surface area is 155 Å². The van der Waals surface area contributed by atoms with Gasteiger partial charge in [0.2, 0.25) is 5.91 Å². The quantitative estimate of drug-likeness (QED) is 0.827. The second-order valence-corrected chi connectivity index (χ2v) is 7.37. The number of benzene rings is 1. The first-order chi connectivity index (χ1) is 12.0. The van der Waals surface area contributed by atoms with Gasteiger partial charge in [-0.3, -0.25) is 9.69 Å². The fourth-order valence-corrected chi connectivity index (χ4v) is 4.42. The van der Waals surface area contributed by atoms with Crippen LogP contribution in [0.25, 0.3) is 0 Å². The van der Waals surface area contributed by atoms with Gasteiger partial charge in [0, 0.05) is 28.8 Å². The maximum Gasteiger partial charge on any atom is 0.355 e. The Bertz CT molecular complexity index is 775. The largest absolute Gasteiger partial charge is 0.476 e. The van der Waals surface area contributed by atoms with Gasteiger partial charge in [0.1, 0.15) is 0 Å². The lowest BCUT2D eigenvalue weighted by Crippen LogP contribution is -2.41. The van der Waals surface area contributed by atoms with E-state index in [1.54, 1.807) is 4.90 Å². The third-order valence-corrected chi connectivity index (χ3v) is 5.69. The molecule has 25 heavy (non-hydrogen) atoms. The summed E-state index contributed by atoms with van der Waals surface area (Å²) in [4.78, 5) is 29.7. The predicted molar refractivity (Wildman–Crippen MR) is 98.7 cm³/mol. The summed E-state index contributed by atoms with van der Waals surface area (Å²) in [6.45, 7) is 1.81. The number of hydrogen-bond donors (Lipinski definition) is 1. The highest BCUT2D eigenvalue weighted by Crippen LogP contribution is 2.41. The van der Waals surface area contributed by atoms with E-state index in [1.807, 2.05) is 31.2 Å². The Hall–Kier alpha value is -1.92. The van der Waals surface area contributed by atoms with Gasteiger partial charge in [0.15, 0.2) is 10.8 Å². The molecule has 132 valence electrons. The first kappa shape index (κ1) is 17.9. The van der Waals surface area contributed by atoms with Crippen molar-refractivity contribution in [3.05, 3.63) is 45.9 Å². The lowest BCUT2D eigenvalue weighted by atomic mass is 9.93. The predicted octanol–water partition coefficient (Wildman–Crippen LogP) is 4.57. The number of halogens is 1. The fourth-order valence-electron chi connectivity index (χ4n) is 3.43. The van der Waals surface area contributed by atoms with Gasteiger partial charge in [-0.1, -0.05) is 37.1 Å². The summed E-state index contributed by atoms with van der Waals surface area (Å²) in [5, 5.41) is 11.8. The SMILES string of the molecule is CCC(=O)N(c1nc(C(=O)O)cs1)C1CCCC1c1ccc(Cl)cc1. The van der Waals surface area contributed by atoms with Gasteiger partial charge in [-0.15, -0.1) is 11.3 Å². The molecule has 1 aliphatic rings. The molecular weight excluding hydrogens is 360 g/mol. The van der Waals surface area contributed by atoms with Crippen molar-refractivity contribution in [2.75, 3.05) is 4.90 Å². The fraction of sp³-hybridized carbons (Fsp3) is 0.389. The van der Waals surface area contributed by atoms with Crippen molar-refractivity contribution in [3.8, 4) is 0 Å². The number of aromatic nitrogens is 1. The first-order valence-corrected chi connectivity index (χ1v) is 9.53. The molecular formula is C18H19ClN2O3S. The Balaban J connectivity index is 1.95. The molecule has 0 radical (unpaired) electrons. The molecule has 0 bridgehead atoms. The van der Waals surface area contributed by atoms with Gasteiger partial charge < -0.3 is 5.11 Å². The molecule has 1 aromatic heterocycles. The molecule has 2 atom stereocenters. The molecule has 0 saturated heterocycles. The van der Waals surface area contributed by atoms with Gasteiger partial charge in [0.25, 0.3) is 0 Å². The zero-order chi connectivity index (χ0) is 18.0. The van der Waals surface area contributed by atoms with E-state index >= 15 is 0 Å². The summed E-state index contributed by atoms with van der Waals surface area (Å²) in [7, 11) is 0. The van der Waals surface area contributed by atoms with Crippen LogP contribution in [0, 0.1) is 0 Å². The zero-order valence-corrected chi connectivity index (χ0v) is 15.4. The number of aromatic carboxylic acids is 1. The molecule has 1 saturated carbocycles. The molecule has 2 unspecified atom stereocenters. The van der Waals surface area contributed by atoms with Crippen molar-refractivity contribution in [1.82, 2.24) is 4.98 Å². The van der Waals surface area contributed by atoms with Crippen LogP contribution in [0.15, 0.2) is 29.6 Å². The lowest BCUT2D eigenvalue weighted by Gasteiger charge is -2.31. The number of amides is 1. The van der Waals surface area contributed by atoms with E-state index in [2.05, 4.69) is 4.98 Å². The van der Waals surface area contributed by atoms with E-state index < -0.39 is 5.97 Å².